The van der Waals surface area contributed by atoms with Gasteiger partial charge in [-0.2, -0.15) is 13.2 Å². The van der Waals surface area contributed by atoms with Gasteiger partial charge in [-0.1, -0.05) is 24.4 Å². The normalized spacial score (nSPS) is 19.4. The van der Waals surface area contributed by atoms with E-state index >= 15 is 0 Å². The highest BCUT2D eigenvalue weighted by molar-refractivity contribution is 7.18. The van der Waals surface area contributed by atoms with Gasteiger partial charge in [0.2, 0.25) is 0 Å². The maximum Gasteiger partial charge on any atom is 0.393 e. The fourth-order valence-corrected chi connectivity index (χ4v) is 4.78. The predicted molar refractivity (Wildman–Crippen MR) is 108 cm³/mol. The van der Waals surface area contributed by atoms with E-state index in [9.17, 15) is 27.2 Å². The Bertz CT molecular complexity index is 961. The van der Waals surface area contributed by atoms with E-state index in [1.807, 2.05) is 0 Å². The first-order chi connectivity index (χ1) is 14.1. The molecule has 2 N–H and O–H groups in total. The first-order valence-corrected chi connectivity index (χ1v) is 10.5. The van der Waals surface area contributed by atoms with Crippen LogP contribution in [-0.4, -0.2) is 24.0 Å². The predicted octanol–water partition coefficient (Wildman–Crippen LogP) is 5.95. The molecule has 30 heavy (non-hydrogen) atoms. The van der Waals surface area contributed by atoms with Crippen LogP contribution < -0.4 is 10.6 Å². The molecular weight excluding hydrogens is 444 g/mol. The number of halogens is 5. The van der Waals surface area contributed by atoms with Crippen LogP contribution >= 0.6 is 22.9 Å². The van der Waals surface area contributed by atoms with E-state index in [1.54, 1.807) is 13.0 Å². The number of hydrogen-bond donors (Lipinski definition) is 2. The Labute approximate surface area is 179 Å². The summed E-state index contributed by atoms with van der Waals surface area (Å²) in [6, 6.07) is 3.93. The van der Waals surface area contributed by atoms with Crippen LogP contribution in [0.15, 0.2) is 24.3 Å². The molecule has 3 rings (SSSR count). The summed E-state index contributed by atoms with van der Waals surface area (Å²) in [5.41, 5.74) is 0.586. The highest BCUT2D eigenvalue weighted by Crippen LogP contribution is 2.38. The molecule has 2 atom stereocenters. The lowest BCUT2D eigenvalue weighted by molar-refractivity contribution is -0.187. The fourth-order valence-electron chi connectivity index (χ4n) is 3.55. The number of carbonyl (C=O) groups is 2. The molecule has 1 heterocycles. The third-order valence-corrected chi connectivity index (χ3v) is 6.50. The van der Waals surface area contributed by atoms with E-state index in [0.717, 1.165) is 23.5 Å². The molecule has 162 valence electrons. The van der Waals surface area contributed by atoms with Crippen molar-refractivity contribution >= 4 is 39.8 Å². The molecule has 1 saturated carbocycles. The monoisotopic (exact) mass is 462 g/mol. The molecule has 0 bridgehead atoms. The molecule has 2 aromatic rings. The van der Waals surface area contributed by atoms with E-state index in [4.69, 9.17) is 11.6 Å². The molecule has 4 nitrogen and oxygen atoms in total. The molecule has 1 aromatic heterocycles. The SMILES string of the molecule is Cc1cc(NC(=O)c2ccc(F)cc2Cl)sc1C(=O)NC1CCCCC1C(F)(F)F. The highest BCUT2D eigenvalue weighted by Gasteiger charge is 2.46. The van der Waals surface area contributed by atoms with Crippen molar-refractivity contribution in [2.75, 3.05) is 5.32 Å². The fraction of sp³-hybridized carbons (Fsp3) is 0.400. The van der Waals surface area contributed by atoms with Gasteiger partial charge in [0.1, 0.15) is 5.82 Å². The molecule has 0 radical (unpaired) electrons. The molecule has 10 heteroatoms. The Morgan fingerprint density at radius 2 is 1.83 bits per heavy atom. The minimum Gasteiger partial charge on any atom is -0.348 e. The standard InChI is InChI=1S/C20H19ClF4N2O2S/c1-10-8-16(27-18(28)12-7-6-11(22)9-14(12)21)30-17(10)19(29)26-15-5-3-2-4-13(15)20(23,24)25/h6-9,13,15H,2-5H2,1H3,(H,26,29)(H,27,28). The first-order valence-electron chi connectivity index (χ1n) is 9.30. The van der Waals surface area contributed by atoms with Crippen LogP contribution in [0.2, 0.25) is 5.02 Å². The molecule has 0 saturated heterocycles. The summed E-state index contributed by atoms with van der Waals surface area (Å²) in [6.45, 7) is 1.63. The van der Waals surface area contributed by atoms with Crippen molar-refractivity contribution in [1.82, 2.24) is 5.32 Å². The van der Waals surface area contributed by atoms with Gasteiger partial charge >= 0.3 is 6.18 Å². The number of nitrogens with one attached hydrogen (secondary N) is 2. The topological polar surface area (TPSA) is 58.2 Å². The lowest BCUT2D eigenvalue weighted by atomic mass is 9.84. The zero-order valence-corrected chi connectivity index (χ0v) is 17.5. The van der Waals surface area contributed by atoms with E-state index in [-0.39, 0.29) is 28.3 Å². The number of amides is 2. The van der Waals surface area contributed by atoms with Crippen molar-refractivity contribution in [2.45, 2.75) is 44.8 Å². The van der Waals surface area contributed by atoms with E-state index in [1.165, 1.54) is 6.07 Å². The number of benzene rings is 1. The largest absolute Gasteiger partial charge is 0.393 e. The molecule has 1 fully saturated rings. The van der Waals surface area contributed by atoms with Crippen LogP contribution in [0.25, 0.3) is 0 Å². The van der Waals surface area contributed by atoms with Crippen LogP contribution in [-0.2, 0) is 0 Å². The smallest absolute Gasteiger partial charge is 0.348 e. The maximum absolute atomic E-state index is 13.3. The van der Waals surface area contributed by atoms with Crippen LogP contribution in [0.5, 0.6) is 0 Å². The van der Waals surface area contributed by atoms with E-state index in [0.29, 0.717) is 23.4 Å². The maximum atomic E-state index is 13.3. The Morgan fingerprint density at radius 3 is 2.50 bits per heavy atom. The molecule has 1 aliphatic rings. The van der Waals surface area contributed by atoms with Crippen LogP contribution in [0, 0.1) is 18.7 Å². The number of rotatable bonds is 4. The number of aryl methyl sites for hydroxylation is 1. The number of thiophene rings is 1. The Morgan fingerprint density at radius 1 is 1.13 bits per heavy atom. The van der Waals surface area contributed by atoms with Crippen molar-refractivity contribution in [2.24, 2.45) is 5.92 Å². The van der Waals surface area contributed by atoms with Gasteiger partial charge in [0.15, 0.2) is 0 Å². The van der Waals surface area contributed by atoms with Gasteiger partial charge in [-0.15, -0.1) is 11.3 Å². The second-order valence-electron chi connectivity index (χ2n) is 7.21. The zero-order valence-electron chi connectivity index (χ0n) is 15.9. The van der Waals surface area contributed by atoms with Crippen molar-refractivity contribution in [3.8, 4) is 0 Å². The van der Waals surface area contributed by atoms with Crippen molar-refractivity contribution in [1.29, 1.82) is 0 Å². The van der Waals surface area contributed by atoms with Crippen LogP contribution in [0.1, 0.15) is 51.3 Å². The molecule has 1 aromatic carbocycles. The van der Waals surface area contributed by atoms with Crippen LogP contribution in [0.3, 0.4) is 0 Å². The quantitative estimate of drug-likeness (QED) is 0.551. The van der Waals surface area contributed by atoms with Gasteiger partial charge in [0, 0.05) is 6.04 Å². The minimum atomic E-state index is -4.36. The second-order valence-corrected chi connectivity index (χ2v) is 8.67. The van der Waals surface area contributed by atoms with Gasteiger partial charge in [-0.25, -0.2) is 4.39 Å². The Balaban J connectivity index is 1.72. The van der Waals surface area contributed by atoms with Crippen molar-refractivity contribution in [3.05, 3.63) is 51.1 Å². The Kier molecular flexibility index (Phi) is 6.71. The number of anilines is 1. The third-order valence-electron chi connectivity index (χ3n) is 5.04. The number of alkyl halides is 3. The zero-order chi connectivity index (χ0) is 22.1. The second kappa shape index (κ2) is 8.93. The minimum absolute atomic E-state index is 0.00238. The van der Waals surface area contributed by atoms with Gasteiger partial charge < -0.3 is 10.6 Å². The number of hydrogen-bond acceptors (Lipinski definition) is 3. The van der Waals surface area contributed by atoms with E-state index in [2.05, 4.69) is 10.6 Å². The molecule has 2 unspecified atom stereocenters. The summed E-state index contributed by atoms with van der Waals surface area (Å²) in [6.07, 6.45) is -2.99. The van der Waals surface area contributed by atoms with Gasteiger partial charge in [0.05, 0.1) is 26.4 Å². The lowest BCUT2D eigenvalue weighted by Crippen LogP contribution is -2.47. The molecule has 1 aliphatic carbocycles. The first kappa shape index (κ1) is 22.6. The van der Waals surface area contributed by atoms with Crippen molar-refractivity contribution in [3.63, 3.8) is 0 Å². The van der Waals surface area contributed by atoms with Crippen LogP contribution in [0.4, 0.5) is 22.6 Å². The average Bonchev–Trinajstić information content (AvgIpc) is 3.01. The average molecular weight is 463 g/mol. The summed E-state index contributed by atoms with van der Waals surface area (Å²) < 4.78 is 52.9. The summed E-state index contributed by atoms with van der Waals surface area (Å²) in [5, 5.41) is 5.38. The molecular formula is C20H19ClF4N2O2S. The van der Waals surface area contributed by atoms with Gasteiger partial charge in [0.25, 0.3) is 11.8 Å². The third kappa shape index (κ3) is 5.13. The summed E-state index contributed by atoms with van der Waals surface area (Å²) in [4.78, 5) is 25.2. The summed E-state index contributed by atoms with van der Waals surface area (Å²) in [5.74, 6) is -3.32. The molecule has 2 amide bonds. The van der Waals surface area contributed by atoms with Crippen molar-refractivity contribution < 1.29 is 27.2 Å². The summed E-state index contributed by atoms with van der Waals surface area (Å²) in [7, 11) is 0. The van der Waals surface area contributed by atoms with Gasteiger partial charge in [-0.3, -0.25) is 9.59 Å². The Hall–Kier alpha value is -2.13. The van der Waals surface area contributed by atoms with E-state index < -0.39 is 35.8 Å². The highest BCUT2D eigenvalue weighted by atomic mass is 35.5. The molecule has 0 spiro atoms. The lowest BCUT2D eigenvalue weighted by Gasteiger charge is -2.33. The van der Waals surface area contributed by atoms with Gasteiger partial charge in [-0.05, 0) is 49.6 Å². The number of carbonyl (C=O) groups excluding carboxylic acids is 2. The summed E-state index contributed by atoms with van der Waals surface area (Å²) >= 11 is 6.84. The molecule has 0 aliphatic heterocycles.